The maximum Gasteiger partial charge on any atom is 0.254 e. The molecule has 2 aliphatic heterocycles. The number of benzene rings is 1. The summed E-state index contributed by atoms with van der Waals surface area (Å²) in [6.07, 6.45) is 5.84. The van der Waals surface area contributed by atoms with Crippen LogP contribution in [0, 0.1) is 0 Å². The first kappa shape index (κ1) is 12.4. The van der Waals surface area contributed by atoms with Gasteiger partial charge in [0.1, 0.15) is 5.82 Å². The molecule has 0 radical (unpaired) electrons. The van der Waals surface area contributed by atoms with E-state index in [1.54, 1.807) is 6.20 Å². The summed E-state index contributed by atoms with van der Waals surface area (Å²) in [6.45, 7) is 3.17. The van der Waals surface area contributed by atoms with Crippen molar-refractivity contribution in [3.05, 3.63) is 47.5 Å². The normalized spacial score (nSPS) is 16.9. The fourth-order valence-corrected chi connectivity index (χ4v) is 3.23. The minimum atomic E-state index is 0.129. The molecule has 2 aromatic rings. The van der Waals surface area contributed by atoms with Crippen molar-refractivity contribution in [1.29, 1.82) is 0 Å². The molecular formula is C16H18N4O. The molecule has 1 aromatic carbocycles. The molecule has 0 bridgehead atoms. The molecule has 0 fully saturated rings. The fourth-order valence-electron chi connectivity index (χ4n) is 3.23. The Morgan fingerprint density at radius 1 is 1.29 bits per heavy atom. The fraction of sp³-hybridized carbons (Fsp3) is 0.375. The summed E-state index contributed by atoms with van der Waals surface area (Å²) in [5.41, 5.74) is 3.13. The van der Waals surface area contributed by atoms with Crippen LogP contribution in [-0.2, 0) is 19.5 Å². The zero-order valence-electron chi connectivity index (χ0n) is 11.9. The third-order valence-electron chi connectivity index (χ3n) is 4.36. The van der Waals surface area contributed by atoms with Crippen molar-refractivity contribution in [3.8, 4) is 0 Å². The molecule has 5 heteroatoms. The minimum absolute atomic E-state index is 0.129. The number of aromatic nitrogens is 2. The van der Waals surface area contributed by atoms with E-state index in [-0.39, 0.29) is 5.91 Å². The quantitative estimate of drug-likeness (QED) is 0.869. The first-order valence-corrected chi connectivity index (χ1v) is 7.48. The first-order valence-electron chi connectivity index (χ1n) is 7.48. The predicted octanol–water partition coefficient (Wildman–Crippen LogP) is 1.90. The van der Waals surface area contributed by atoms with Gasteiger partial charge < -0.3 is 14.8 Å². The van der Waals surface area contributed by atoms with Crippen molar-refractivity contribution in [2.75, 3.05) is 18.4 Å². The highest BCUT2D eigenvalue weighted by atomic mass is 16.2. The van der Waals surface area contributed by atoms with Crippen LogP contribution in [-0.4, -0.2) is 33.4 Å². The maximum atomic E-state index is 12.9. The van der Waals surface area contributed by atoms with Crippen LogP contribution in [0.3, 0.4) is 0 Å². The second-order valence-corrected chi connectivity index (χ2v) is 5.63. The lowest BCUT2D eigenvalue weighted by Gasteiger charge is -2.29. The molecule has 0 saturated carbocycles. The zero-order chi connectivity index (χ0) is 14.2. The molecule has 4 rings (SSSR count). The van der Waals surface area contributed by atoms with Gasteiger partial charge in [0.25, 0.3) is 5.91 Å². The minimum Gasteiger partial charge on any atom is -0.385 e. The molecule has 0 saturated heterocycles. The number of nitrogens with zero attached hydrogens (tertiary/aromatic N) is 3. The first-order chi connectivity index (χ1) is 10.3. The van der Waals surface area contributed by atoms with Crippen LogP contribution < -0.4 is 5.32 Å². The Morgan fingerprint density at radius 2 is 2.24 bits per heavy atom. The van der Waals surface area contributed by atoms with E-state index in [0.717, 1.165) is 49.6 Å². The van der Waals surface area contributed by atoms with Crippen molar-refractivity contribution in [2.45, 2.75) is 25.9 Å². The number of imidazole rings is 1. The molecule has 1 amide bonds. The number of rotatable bonds is 1. The Bertz CT molecular complexity index is 691. The standard InChI is InChI=1S/C16H18N4O/c21-16(20-10-9-19-8-7-18-15(19)11-20)13-3-1-5-14-12(13)4-2-6-17-14/h1,3,5,7-8,17H,2,4,6,9-11H2. The SMILES string of the molecule is O=C(c1cccc2c1CCCN2)N1CCn2ccnc2C1. The van der Waals surface area contributed by atoms with Crippen LogP contribution in [0.2, 0.25) is 0 Å². The molecule has 0 unspecified atom stereocenters. The van der Waals surface area contributed by atoms with Gasteiger partial charge in [-0.1, -0.05) is 6.07 Å². The largest absolute Gasteiger partial charge is 0.385 e. The van der Waals surface area contributed by atoms with E-state index in [1.165, 1.54) is 5.56 Å². The Kier molecular flexibility index (Phi) is 2.91. The topological polar surface area (TPSA) is 50.2 Å². The van der Waals surface area contributed by atoms with Crippen molar-refractivity contribution >= 4 is 11.6 Å². The molecule has 0 spiro atoms. The van der Waals surface area contributed by atoms with Crippen LogP contribution in [0.15, 0.2) is 30.6 Å². The van der Waals surface area contributed by atoms with Crippen molar-refractivity contribution in [1.82, 2.24) is 14.5 Å². The number of carbonyl (C=O) groups is 1. The number of nitrogens with one attached hydrogen (secondary N) is 1. The van der Waals surface area contributed by atoms with E-state index in [1.807, 2.05) is 23.2 Å². The Labute approximate surface area is 123 Å². The Morgan fingerprint density at radius 3 is 3.19 bits per heavy atom. The summed E-state index contributed by atoms with van der Waals surface area (Å²) in [4.78, 5) is 19.1. The highest BCUT2D eigenvalue weighted by molar-refractivity contribution is 5.97. The van der Waals surface area contributed by atoms with Crippen LogP contribution in [0.25, 0.3) is 0 Å². The number of fused-ring (bicyclic) bond motifs is 2. The van der Waals surface area contributed by atoms with Gasteiger partial charge in [0, 0.05) is 43.3 Å². The van der Waals surface area contributed by atoms with E-state index in [0.29, 0.717) is 6.54 Å². The van der Waals surface area contributed by atoms with Crippen LogP contribution >= 0.6 is 0 Å². The second kappa shape index (κ2) is 4.91. The van der Waals surface area contributed by atoms with Gasteiger partial charge in [-0.15, -0.1) is 0 Å². The average molecular weight is 282 g/mol. The van der Waals surface area contributed by atoms with Crippen LogP contribution in [0.1, 0.15) is 28.2 Å². The average Bonchev–Trinajstić information content (AvgIpc) is 3.01. The van der Waals surface area contributed by atoms with E-state index in [4.69, 9.17) is 0 Å². The number of hydrogen-bond acceptors (Lipinski definition) is 3. The van der Waals surface area contributed by atoms with Crippen molar-refractivity contribution in [2.24, 2.45) is 0 Å². The molecule has 5 nitrogen and oxygen atoms in total. The molecular weight excluding hydrogens is 264 g/mol. The summed E-state index contributed by atoms with van der Waals surface area (Å²) >= 11 is 0. The summed E-state index contributed by atoms with van der Waals surface area (Å²) in [5, 5.41) is 3.39. The predicted molar refractivity (Wildman–Crippen MR) is 80.2 cm³/mol. The van der Waals surface area contributed by atoms with E-state index in [9.17, 15) is 4.79 Å². The summed E-state index contributed by atoms with van der Waals surface area (Å²) in [6, 6.07) is 5.98. The third kappa shape index (κ3) is 2.09. The van der Waals surface area contributed by atoms with E-state index in [2.05, 4.69) is 20.9 Å². The molecule has 3 heterocycles. The monoisotopic (exact) mass is 282 g/mol. The highest BCUT2D eigenvalue weighted by Gasteiger charge is 2.25. The molecule has 2 aliphatic rings. The highest BCUT2D eigenvalue weighted by Crippen LogP contribution is 2.27. The maximum absolute atomic E-state index is 12.9. The van der Waals surface area contributed by atoms with Gasteiger partial charge in [-0.3, -0.25) is 4.79 Å². The van der Waals surface area contributed by atoms with Crippen LogP contribution in [0.5, 0.6) is 0 Å². The lowest BCUT2D eigenvalue weighted by molar-refractivity contribution is 0.0706. The molecule has 0 atom stereocenters. The number of carbonyl (C=O) groups excluding carboxylic acids is 1. The van der Waals surface area contributed by atoms with Gasteiger partial charge in [0.2, 0.25) is 0 Å². The van der Waals surface area contributed by atoms with Gasteiger partial charge in [-0.2, -0.15) is 0 Å². The number of hydrogen-bond donors (Lipinski definition) is 1. The number of amides is 1. The van der Waals surface area contributed by atoms with Gasteiger partial charge in [-0.25, -0.2) is 4.98 Å². The third-order valence-corrected chi connectivity index (χ3v) is 4.36. The molecule has 108 valence electrons. The Hall–Kier alpha value is -2.30. The zero-order valence-corrected chi connectivity index (χ0v) is 11.9. The molecule has 21 heavy (non-hydrogen) atoms. The lowest BCUT2D eigenvalue weighted by atomic mass is 9.96. The molecule has 0 aliphatic carbocycles. The Balaban J connectivity index is 1.64. The summed E-state index contributed by atoms with van der Waals surface area (Å²) < 4.78 is 2.12. The second-order valence-electron chi connectivity index (χ2n) is 5.63. The van der Waals surface area contributed by atoms with E-state index >= 15 is 0 Å². The van der Waals surface area contributed by atoms with Crippen molar-refractivity contribution < 1.29 is 4.79 Å². The summed E-state index contributed by atoms with van der Waals surface area (Å²) in [7, 11) is 0. The van der Waals surface area contributed by atoms with Gasteiger partial charge in [-0.05, 0) is 30.5 Å². The van der Waals surface area contributed by atoms with Crippen molar-refractivity contribution in [3.63, 3.8) is 0 Å². The van der Waals surface area contributed by atoms with Crippen LogP contribution in [0.4, 0.5) is 5.69 Å². The molecule has 1 aromatic heterocycles. The molecule has 1 N–H and O–H groups in total. The van der Waals surface area contributed by atoms with Gasteiger partial charge in [0.05, 0.1) is 6.54 Å². The van der Waals surface area contributed by atoms with E-state index < -0.39 is 0 Å². The smallest absolute Gasteiger partial charge is 0.254 e. The van der Waals surface area contributed by atoms with Gasteiger partial charge >= 0.3 is 0 Å². The lowest BCUT2D eigenvalue weighted by Crippen LogP contribution is -2.38. The van der Waals surface area contributed by atoms with Gasteiger partial charge in [0.15, 0.2) is 0 Å². The number of anilines is 1. The summed E-state index contributed by atoms with van der Waals surface area (Å²) in [5.74, 6) is 1.10.